The van der Waals surface area contributed by atoms with E-state index in [0.29, 0.717) is 37.9 Å². The maximum Gasteiger partial charge on any atom is 0.240 e. The number of ether oxygens (including phenoxy) is 3. The van der Waals surface area contributed by atoms with Crippen LogP contribution in [0.25, 0.3) is 0 Å². The molecular formula is C13H17NO5S. The van der Waals surface area contributed by atoms with Crippen LogP contribution in [0.2, 0.25) is 0 Å². The largest absolute Gasteiger partial charge is 0.486 e. The van der Waals surface area contributed by atoms with Gasteiger partial charge in [-0.05, 0) is 25.0 Å². The summed E-state index contributed by atoms with van der Waals surface area (Å²) >= 11 is 0. The Morgan fingerprint density at radius 1 is 1.15 bits per heavy atom. The fraction of sp³-hybridized carbons (Fsp3) is 0.538. The smallest absolute Gasteiger partial charge is 0.240 e. The van der Waals surface area contributed by atoms with Gasteiger partial charge in [0, 0.05) is 19.2 Å². The molecule has 0 aliphatic carbocycles. The topological polar surface area (TPSA) is 73.9 Å². The standard InChI is InChI=1S/C13H17NO5S/c15-20(16,14-9-10-2-1-5-17-10)11-3-4-12-13(8-11)19-7-6-18-12/h3-4,8,10,14H,1-2,5-7,9H2/t10-/m1/s1. The van der Waals surface area contributed by atoms with Gasteiger partial charge in [0.05, 0.1) is 11.0 Å². The quantitative estimate of drug-likeness (QED) is 0.895. The predicted octanol–water partition coefficient (Wildman–Crippen LogP) is 0.915. The van der Waals surface area contributed by atoms with Gasteiger partial charge in [-0.3, -0.25) is 0 Å². The first-order valence-corrected chi connectivity index (χ1v) is 8.14. The molecule has 20 heavy (non-hydrogen) atoms. The van der Waals surface area contributed by atoms with Crippen LogP contribution < -0.4 is 14.2 Å². The van der Waals surface area contributed by atoms with E-state index in [-0.39, 0.29) is 11.0 Å². The number of fused-ring (bicyclic) bond motifs is 1. The van der Waals surface area contributed by atoms with Crippen LogP contribution in [0.3, 0.4) is 0 Å². The molecule has 1 atom stereocenters. The summed E-state index contributed by atoms with van der Waals surface area (Å²) in [7, 11) is -3.55. The van der Waals surface area contributed by atoms with Crippen molar-refractivity contribution in [3.8, 4) is 11.5 Å². The Morgan fingerprint density at radius 3 is 2.70 bits per heavy atom. The van der Waals surface area contributed by atoms with E-state index in [9.17, 15) is 8.42 Å². The van der Waals surface area contributed by atoms with E-state index in [1.165, 1.54) is 12.1 Å². The molecule has 0 spiro atoms. The van der Waals surface area contributed by atoms with Gasteiger partial charge in [0.25, 0.3) is 0 Å². The van der Waals surface area contributed by atoms with Gasteiger partial charge in [0.15, 0.2) is 11.5 Å². The van der Waals surface area contributed by atoms with Gasteiger partial charge in [-0.2, -0.15) is 0 Å². The SMILES string of the molecule is O=S(=O)(NC[C@H]1CCCO1)c1ccc2c(c1)OCCO2. The van der Waals surface area contributed by atoms with Crippen LogP contribution >= 0.6 is 0 Å². The Morgan fingerprint density at radius 2 is 1.95 bits per heavy atom. The van der Waals surface area contributed by atoms with Gasteiger partial charge < -0.3 is 14.2 Å². The number of benzene rings is 1. The molecule has 0 radical (unpaired) electrons. The Hall–Kier alpha value is -1.31. The highest BCUT2D eigenvalue weighted by atomic mass is 32.2. The summed E-state index contributed by atoms with van der Waals surface area (Å²) in [6.45, 7) is 1.92. The molecule has 2 heterocycles. The fourth-order valence-corrected chi connectivity index (χ4v) is 3.36. The van der Waals surface area contributed by atoms with E-state index in [2.05, 4.69) is 4.72 Å². The summed E-state index contributed by atoms with van der Waals surface area (Å²) in [5.74, 6) is 1.05. The zero-order valence-corrected chi connectivity index (χ0v) is 11.8. The van der Waals surface area contributed by atoms with Crippen LogP contribution in [0.4, 0.5) is 0 Å². The van der Waals surface area contributed by atoms with Gasteiger partial charge in [-0.25, -0.2) is 13.1 Å². The van der Waals surface area contributed by atoms with Crippen LogP contribution in [0.15, 0.2) is 23.1 Å². The predicted molar refractivity (Wildman–Crippen MR) is 71.6 cm³/mol. The lowest BCUT2D eigenvalue weighted by atomic mass is 10.2. The molecule has 1 aromatic carbocycles. The first kappa shape index (κ1) is 13.7. The van der Waals surface area contributed by atoms with Crippen LogP contribution in [0, 0.1) is 0 Å². The molecule has 2 aliphatic rings. The highest BCUT2D eigenvalue weighted by Gasteiger charge is 2.22. The van der Waals surface area contributed by atoms with Gasteiger partial charge in [0.1, 0.15) is 13.2 Å². The van der Waals surface area contributed by atoms with Crippen molar-refractivity contribution >= 4 is 10.0 Å². The minimum absolute atomic E-state index is 0.0259. The summed E-state index contributed by atoms with van der Waals surface area (Å²) in [6.07, 6.45) is 1.85. The van der Waals surface area contributed by atoms with Gasteiger partial charge >= 0.3 is 0 Å². The van der Waals surface area contributed by atoms with Crippen molar-refractivity contribution in [2.24, 2.45) is 0 Å². The lowest BCUT2D eigenvalue weighted by molar-refractivity contribution is 0.114. The molecule has 7 heteroatoms. The number of nitrogens with one attached hydrogen (secondary N) is 1. The number of sulfonamides is 1. The van der Waals surface area contributed by atoms with Crippen molar-refractivity contribution in [3.05, 3.63) is 18.2 Å². The van der Waals surface area contributed by atoms with Crippen molar-refractivity contribution in [1.29, 1.82) is 0 Å². The lowest BCUT2D eigenvalue weighted by Crippen LogP contribution is -2.31. The summed E-state index contributed by atoms with van der Waals surface area (Å²) < 4.78 is 43.2. The lowest BCUT2D eigenvalue weighted by Gasteiger charge is -2.19. The van der Waals surface area contributed by atoms with Crippen molar-refractivity contribution in [2.75, 3.05) is 26.4 Å². The van der Waals surface area contributed by atoms with Crippen LogP contribution in [-0.4, -0.2) is 40.9 Å². The molecule has 0 aromatic heterocycles. The average molecular weight is 299 g/mol. The number of hydrogen-bond donors (Lipinski definition) is 1. The second-order valence-electron chi connectivity index (χ2n) is 4.79. The molecular weight excluding hydrogens is 282 g/mol. The monoisotopic (exact) mass is 299 g/mol. The molecule has 110 valence electrons. The van der Waals surface area contributed by atoms with Crippen molar-refractivity contribution in [1.82, 2.24) is 4.72 Å². The molecule has 2 aliphatic heterocycles. The van der Waals surface area contributed by atoms with Crippen LogP contribution in [0.1, 0.15) is 12.8 Å². The summed E-state index contributed by atoms with van der Waals surface area (Å²) in [4.78, 5) is 0.180. The minimum Gasteiger partial charge on any atom is -0.486 e. The average Bonchev–Trinajstić information content (AvgIpc) is 2.98. The van der Waals surface area contributed by atoms with E-state index in [1.807, 2.05) is 0 Å². The number of hydrogen-bond acceptors (Lipinski definition) is 5. The molecule has 0 saturated carbocycles. The maximum atomic E-state index is 12.2. The van der Waals surface area contributed by atoms with Gasteiger partial charge in [-0.1, -0.05) is 0 Å². The van der Waals surface area contributed by atoms with Crippen LogP contribution in [0.5, 0.6) is 11.5 Å². The van der Waals surface area contributed by atoms with E-state index in [4.69, 9.17) is 14.2 Å². The summed E-state index contributed by atoms with van der Waals surface area (Å²) in [5, 5.41) is 0. The molecule has 1 aromatic rings. The van der Waals surface area contributed by atoms with Gasteiger partial charge in [0.2, 0.25) is 10.0 Å². The van der Waals surface area contributed by atoms with E-state index < -0.39 is 10.0 Å². The first-order chi connectivity index (χ1) is 9.65. The highest BCUT2D eigenvalue weighted by Crippen LogP contribution is 2.32. The third-order valence-corrected chi connectivity index (χ3v) is 4.77. The fourth-order valence-electron chi connectivity index (χ4n) is 2.28. The van der Waals surface area contributed by atoms with Crippen LogP contribution in [-0.2, 0) is 14.8 Å². The van der Waals surface area contributed by atoms with Crippen molar-refractivity contribution < 1.29 is 22.6 Å². The highest BCUT2D eigenvalue weighted by molar-refractivity contribution is 7.89. The molecule has 6 nitrogen and oxygen atoms in total. The second kappa shape index (κ2) is 5.59. The van der Waals surface area contributed by atoms with Gasteiger partial charge in [-0.15, -0.1) is 0 Å². The van der Waals surface area contributed by atoms with Crippen molar-refractivity contribution in [3.63, 3.8) is 0 Å². The van der Waals surface area contributed by atoms with Crippen molar-refractivity contribution in [2.45, 2.75) is 23.8 Å². The Balaban J connectivity index is 1.73. The number of rotatable bonds is 4. The molecule has 0 amide bonds. The molecule has 1 saturated heterocycles. The molecule has 0 unspecified atom stereocenters. The summed E-state index contributed by atoms with van der Waals surface area (Å²) in [6, 6.07) is 4.63. The molecule has 1 fully saturated rings. The molecule has 1 N–H and O–H groups in total. The Kier molecular flexibility index (Phi) is 3.82. The maximum absolute atomic E-state index is 12.2. The van der Waals surface area contributed by atoms with E-state index in [0.717, 1.165) is 12.8 Å². The normalized spacial score (nSPS) is 21.9. The Labute approximate surface area is 118 Å². The molecule has 0 bridgehead atoms. The zero-order chi connectivity index (χ0) is 14.0. The zero-order valence-electron chi connectivity index (χ0n) is 11.0. The minimum atomic E-state index is -3.55. The van der Waals surface area contributed by atoms with E-state index >= 15 is 0 Å². The third kappa shape index (κ3) is 2.89. The summed E-state index contributed by atoms with van der Waals surface area (Å²) in [5.41, 5.74) is 0. The molecule has 3 rings (SSSR count). The van der Waals surface area contributed by atoms with E-state index in [1.54, 1.807) is 6.07 Å². The Bertz CT molecular complexity index is 580. The second-order valence-corrected chi connectivity index (χ2v) is 6.56. The first-order valence-electron chi connectivity index (χ1n) is 6.66. The third-order valence-electron chi connectivity index (χ3n) is 3.35.